The molecule has 0 fully saturated rings. The second-order valence-electron chi connectivity index (χ2n) is 2.99. The highest BCUT2D eigenvalue weighted by Crippen LogP contribution is 2.23. The first-order chi connectivity index (χ1) is 6.85. The van der Waals surface area contributed by atoms with E-state index in [0.29, 0.717) is 5.75 Å². The second kappa shape index (κ2) is 3.88. The highest BCUT2D eigenvalue weighted by molar-refractivity contribution is 7.79. The van der Waals surface area contributed by atoms with E-state index in [4.69, 9.17) is 4.74 Å². The molecular formula is C11H11NOS. The van der Waals surface area contributed by atoms with Crippen molar-refractivity contribution < 1.29 is 4.74 Å². The number of ether oxygens (including phenoxy) is 1. The van der Waals surface area contributed by atoms with Gasteiger partial charge in [-0.1, -0.05) is 18.2 Å². The Morgan fingerprint density at radius 3 is 2.86 bits per heavy atom. The topological polar surface area (TPSA) is 22.1 Å². The molecule has 0 spiro atoms. The maximum atomic E-state index is 5.24. The van der Waals surface area contributed by atoms with Crippen molar-refractivity contribution in [3.8, 4) is 5.75 Å². The maximum absolute atomic E-state index is 5.24. The Balaban J connectivity index is 2.70. The van der Waals surface area contributed by atoms with Crippen LogP contribution in [0, 0.1) is 0 Å². The first kappa shape index (κ1) is 9.34. The summed E-state index contributed by atoms with van der Waals surface area (Å²) in [6.07, 6.45) is 0. The largest absolute Gasteiger partial charge is 0.494 e. The van der Waals surface area contributed by atoms with Crippen LogP contribution in [0.5, 0.6) is 5.75 Å². The summed E-state index contributed by atoms with van der Waals surface area (Å²) in [6.45, 7) is 0. The number of aromatic nitrogens is 1. The van der Waals surface area contributed by atoms with Crippen LogP contribution in [0.25, 0.3) is 10.9 Å². The summed E-state index contributed by atoms with van der Waals surface area (Å²) in [7, 11) is 1.66. The number of thiol groups is 1. The third-order valence-electron chi connectivity index (χ3n) is 2.12. The molecular weight excluding hydrogens is 194 g/mol. The molecule has 1 aromatic heterocycles. The van der Waals surface area contributed by atoms with E-state index >= 15 is 0 Å². The Kier molecular flexibility index (Phi) is 2.59. The highest BCUT2D eigenvalue weighted by Gasteiger charge is 2.02. The summed E-state index contributed by atoms with van der Waals surface area (Å²) in [5.41, 5.74) is 1.87. The molecule has 0 atom stereocenters. The van der Waals surface area contributed by atoms with Gasteiger partial charge in [0.1, 0.15) is 11.3 Å². The van der Waals surface area contributed by atoms with Crippen LogP contribution in [0.2, 0.25) is 0 Å². The Bertz CT molecular complexity index is 456. The van der Waals surface area contributed by atoms with Crippen LogP contribution >= 0.6 is 12.6 Å². The number of fused-ring (bicyclic) bond motifs is 1. The van der Waals surface area contributed by atoms with Crippen molar-refractivity contribution in [2.45, 2.75) is 5.75 Å². The number of hydrogen-bond acceptors (Lipinski definition) is 3. The average molecular weight is 205 g/mol. The van der Waals surface area contributed by atoms with Crippen LogP contribution in [-0.2, 0) is 5.75 Å². The summed E-state index contributed by atoms with van der Waals surface area (Å²) in [4.78, 5) is 4.46. The molecule has 2 nitrogen and oxygen atoms in total. The average Bonchev–Trinajstić information content (AvgIpc) is 2.27. The molecule has 3 heteroatoms. The van der Waals surface area contributed by atoms with Crippen molar-refractivity contribution in [1.82, 2.24) is 4.98 Å². The van der Waals surface area contributed by atoms with E-state index in [1.807, 2.05) is 30.3 Å². The highest BCUT2D eigenvalue weighted by atomic mass is 32.1. The number of pyridine rings is 1. The lowest BCUT2D eigenvalue weighted by atomic mass is 10.2. The lowest BCUT2D eigenvalue weighted by Crippen LogP contribution is -1.90. The molecule has 72 valence electrons. The lowest BCUT2D eigenvalue weighted by molar-refractivity contribution is 0.419. The molecule has 14 heavy (non-hydrogen) atoms. The molecule has 2 aromatic rings. The number of rotatable bonds is 2. The fourth-order valence-corrected chi connectivity index (χ4v) is 1.59. The standard InChI is InChI=1S/C11H11NOS/c1-13-10-4-2-3-8-5-6-9(7-14)12-11(8)10/h2-6,14H,7H2,1H3. The van der Waals surface area contributed by atoms with Gasteiger partial charge < -0.3 is 4.74 Å². The summed E-state index contributed by atoms with van der Waals surface area (Å²) >= 11 is 4.20. The van der Waals surface area contributed by atoms with Crippen LogP contribution in [0.15, 0.2) is 30.3 Å². The molecule has 2 rings (SSSR count). The Morgan fingerprint density at radius 1 is 1.29 bits per heavy atom. The normalized spacial score (nSPS) is 10.4. The van der Waals surface area contributed by atoms with Gasteiger partial charge in [0.15, 0.2) is 0 Å². The Labute approximate surface area is 88.3 Å². The molecule has 0 aliphatic rings. The van der Waals surface area contributed by atoms with Crippen molar-refractivity contribution in [1.29, 1.82) is 0 Å². The third-order valence-corrected chi connectivity index (χ3v) is 2.45. The molecule has 0 unspecified atom stereocenters. The number of para-hydroxylation sites is 1. The van der Waals surface area contributed by atoms with Gasteiger partial charge in [0.05, 0.1) is 12.8 Å². The van der Waals surface area contributed by atoms with Gasteiger partial charge in [0, 0.05) is 11.1 Å². The molecule has 0 radical (unpaired) electrons. The number of benzene rings is 1. The van der Waals surface area contributed by atoms with E-state index in [-0.39, 0.29) is 0 Å². The van der Waals surface area contributed by atoms with Crippen LogP contribution in [-0.4, -0.2) is 12.1 Å². The van der Waals surface area contributed by atoms with Crippen LogP contribution < -0.4 is 4.74 Å². The molecule has 0 amide bonds. The summed E-state index contributed by atoms with van der Waals surface area (Å²) < 4.78 is 5.24. The Hall–Kier alpha value is -1.22. The molecule has 0 aliphatic carbocycles. The zero-order valence-electron chi connectivity index (χ0n) is 7.90. The van der Waals surface area contributed by atoms with Gasteiger partial charge >= 0.3 is 0 Å². The van der Waals surface area contributed by atoms with Crippen molar-refractivity contribution in [2.24, 2.45) is 0 Å². The van der Waals surface area contributed by atoms with Gasteiger partial charge in [0.2, 0.25) is 0 Å². The van der Waals surface area contributed by atoms with Gasteiger partial charge in [-0.2, -0.15) is 12.6 Å². The van der Waals surface area contributed by atoms with Crippen LogP contribution in [0.1, 0.15) is 5.69 Å². The van der Waals surface area contributed by atoms with E-state index in [0.717, 1.165) is 22.3 Å². The van der Waals surface area contributed by atoms with E-state index in [1.165, 1.54) is 0 Å². The fraction of sp³-hybridized carbons (Fsp3) is 0.182. The third kappa shape index (κ3) is 1.55. The van der Waals surface area contributed by atoms with Gasteiger partial charge in [0.25, 0.3) is 0 Å². The van der Waals surface area contributed by atoms with Crippen molar-refractivity contribution in [2.75, 3.05) is 7.11 Å². The summed E-state index contributed by atoms with van der Waals surface area (Å²) in [5.74, 6) is 1.46. The number of nitrogens with zero attached hydrogens (tertiary/aromatic N) is 1. The quantitative estimate of drug-likeness (QED) is 0.761. The molecule has 1 aromatic carbocycles. The van der Waals surface area contributed by atoms with Gasteiger partial charge in [-0.15, -0.1) is 0 Å². The smallest absolute Gasteiger partial charge is 0.145 e. The van der Waals surface area contributed by atoms with E-state index < -0.39 is 0 Å². The summed E-state index contributed by atoms with van der Waals surface area (Å²) in [5, 5.41) is 1.09. The van der Waals surface area contributed by atoms with Crippen molar-refractivity contribution in [3.05, 3.63) is 36.0 Å². The van der Waals surface area contributed by atoms with E-state index in [2.05, 4.69) is 17.6 Å². The zero-order valence-corrected chi connectivity index (χ0v) is 8.79. The first-order valence-corrected chi connectivity index (χ1v) is 5.02. The summed E-state index contributed by atoms with van der Waals surface area (Å²) in [6, 6.07) is 9.92. The molecule has 0 aliphatic heterocycles. The predicted molar refractivity (Wildman–Crippen MR) is 61.0 cm³/mol. The monoisotopic (exact) mass is 205 g/mol. The minimum atomic E-state index is 0.647. The van der Waals surface area contributed by atoms with E-state index in [1.54, 1.807) is 7.11 Å². The van der Waals surface area contributed by atoms with E-state index in [9.17, 15) is 0 Å². The van der Waals surface area contributed by atoms with Gasteiger partial charge in [-0.3, -0.25) is 0 Å². The SMILES string of the molecule is COc1cccc2ccc(CS)nc12. The minimum Gasteiger partial charge on any atom is -0.494 e. The van der Waals surface area contributed by atoms with Gasteiger partial charge in [-0.25, -0.2) is 4.98 Å². The lowest BCUT2D eigenvalue weighted by Gasteiger charge is -2.05. The van der Waals surface area contributed by atoms with Gasteiger partial charge in [-0.05, 0) is 12.1 Å². The maximum Gasteiger partial charge on any atom is 0.145 e. The fourth-order valence-electron chi connectivity index (χ4n) is 1.41. The zero-order chi connectivity index (χ0) is 9.97. The number of hydrogen-bond donors (Lipinski definition) is 1. The molecule has 0 bridgehead atoms. The van der Waals surface area contributed by atoms with Crippen LogP contribution in [0.4, 0.5) is 0 Å². The molecule has 0 saturated carbocycles. The van der Waals surface area contributed by atoms with Crippen LogP contribution in [0.3, 0.4) is 0 Å². The Morgan fingerprint density at radius 2 is 2.14 bits per heavy atom. The van der Waals surface area contributed by atoms with Crippen molar-refractivity contribution in [3.63, 3.8) is 0 Å². The molecule has 0 N–H and O–H groups in total. The minimum absolute atomic E-state index is 0.647. The second-order valence-corrected chi connectivity index (χ2v) is 3.31. The molecule has 0 saturated heterocycles. The predicted octanol–water partition coefficient (Wildman–Crippen LogP) is 2.67. The van der Waals surface area contributed by atoms with Crippen molar-refractivity contribution >= 4 is 23.5 Å². The molecule has 1 heterocycles. The number of methoxy groups -OCH3 is 1. The first-order valence-electron chi connectivity index (χ1n) is 4.38.